The Balaban J connectivity index is 1.75. The van der Waals surface area contributed by atoms with Gasteiger partial charge in [-0.05, 0) is 33.6 Å². The van der Waals surface area contributed by atoms with Gasteiger partial charge in [-0.2, -0.15) is 9.61 Å². The van der Waals surface area contributed by atoms with Crippen LogP contribution >= 0.6 is 15.9 Å². The highest BCUT2D eigenvalue weighted by Gasteiger charge is 2.13. The first kappa shape index (κ1) is 16.5. The zero-order valence-corrected chi connectivity index (χ0v) is 15.1. The highest BCUT2D eigenvalue weighted by Crippen LogP contribution is 2.27. The van der Waals surface area contributed by atoms with Gasteiger partial charge in [-0.25, -0.2) is 9.37 Å². The smallest absolute Gasteiger partial charge is 0.222 e. The highest BCUT2D eigenvalue weighted by atomic mass is 79.9. The van der Waals surface area contributed by atoms with Gasteiger partial charge >= 0.3 is 0 Å². The molecule has 0 radical (unpaired) electrons. The largest absolute Gasteiger partial charge is 0.366 e. The van der Waals surface area contributed by atoms with Gasteiger partial charge in [0.25, 0.3) is 0 Å². The molecular weight excluding hydrogens is 401 g/mol. The lowest BCUT2D eigenvalue weighted by atomic mass is 10.1. The van der Waals surface area contributed by atoms with E-state index >= 15 is 0 Å². The van der Waals surface area contributed by atoms with Gasteiger partial charge in [-0.15, -0.1) is 0 Å². The summed E-state index contributed by atoms with van der Waals surface area (Å²) >= 11 is 3.43. The molecule has 0 saturated carbocycles. The predicted molar refractivity (Wildman–Crippen MR) is 97.2 cm³/mol. The molecule has 6 nitrogen and oxygen atoms in total. The van der Waals surface area contributed by atoms with Gasteiger partial charge in [0.15, 0.2) is 5.65 Å². The van der Waals surface area contributed by atoms with Crippen LogP contribution in [0, 0.1) is 5.82 Å². The third-order valence-electron chi connectivity index (χ3n) is 3.93. The van der Waals surface area contributed by atoms with E-state index in [2.05, 4.69) is 31.3 Å². The van der Waals surface area contributed by atoms with Crippen molar-refractivity contribution >= 4 is 27.4 Å². The number of fused-ring (bicyclic) bond motifs is 1. The summed E-state index contributed by atoms with van der Waals surface area (Å²) in [5.41, 5.74) is 2.50. The van der Waals surface area contributed by atoms with E-state index in [-0.39, 0.29) is 5.82 Å². The number of nitrogens with one attached hydrogen (secondary N) is 1. The Hall–Kier alpha value is -3.00. The van der Waals surface area contributed by atoms with E-state index in [1.54, 1.807) is 59.5 Å². The Kier molecular flexibility index (Phi) is 4.26. The summed E-state index contributed by atoms with van der Waals surface area (Å²) < 4.78 is 17.6. The molecule has 0 aliphatic heterocycles. The number of halogens is 2. The Morgan fingerprint density at radius 1 is 1.19 bits per heavy atom. The van der Waals surface area contributed by atoms with E-state index < -0.39 is 0 Å². The Labute approximate surface area is 156 Å². The van der Waals surface area contributed by atoms with Gasteiger partial charge in [0.05, 0.1) is 16.4 Å². The Morgan fingerprint density at radius 3 is 2.73 bits per heavy atom. The number of hydrogen-bond donors (Lipinski definition) is 2. The number of anilines is 1. The van der Waals surface area contributed by atoms with Crippen LogP contribution in [0.5, 0.6) is 0 Å². The molecule has 26 heavy (non-hydrogen) atoms. The maximum Gasteiger partial charge on any atom is 0.222 e. The number of benzene rings is 1. The molecule has 3 heterocycles. The normalized spacial score (nSPS) is 11.0. The van der Waals surface area contributed by atoms with E-state index in [1.807, 2.05) is 0 Å². The minimum absolute atomic E-state index is 0.332. The first-order valence-electron chi connectivity index (χ1n) is 7.84. The SMILES string of the molecule is O[n+]1ccc(CNc2cc(-c3ccccc3F)nc3c(Br)cnn23)cc1. The first-order valence-corrected chi connectivity index (χ1v) is 8.63. The van der Waals surface area contributed by atoms with Crippen molar-refractivity contribution in [1.82, 2.24) is 14.6 Å². The lowest BCUT2D eigenvalue weighted by Gasteiger charge is -2.11. The molecule has 0 fully saturated rings. The first-order chi connectivity index (χ1) is 12.6. The van der Waals surface area contributed by atoms with Crippen LogP contribution in [0.25, 0.3) is 16.9 Å². The third-order valence-corrected chi connectivity index (χ3v) is 4.49. The topological polar surface area (TPSA) is 66.3 Å². The van der Waals surface area contributed by atoms with E-state index in [0.29, 0.717) is 29.3 Å². The molecule has 8 heteroatoms. The van der Waals surface area contributed by atoms with Gasteiger partial charge in [-0.1, -0.05) is 12.1 Å². The van der Waals surface area contributed by atoms with Crippen molar-refractivity contribution in [1.29, 1.82) is 0 Å². The van der Waals surface area contributed by atoms with Crippen molar-refractivity contribution in [2.75, 3.05) is 5.32 Å². The average molecular weight is 415 g/mol. The summed E-state index contributed by atoms with van der Waals surface area (Å²) in [4.78, 5) is 4.53. The minimum Gasteiger partial charge on any atom is -0.366 e. The van der Waals surface area contributed by atoms with Gasteiger partial charge < -0.3 is 5.32 Å². The van der Waals surface area contributed by atoms with E-state index in [0.717, 1.165) is 14.8 Å². The second-order valence-electron chi connectivity index (χ2n) is 5.67. The standard InChI is InChI=1S/C18H14BrFN5O/c19-14-11-22-25-17(21-10-12-5-7-24(26)8-6-12)9-16(23-18(14)25)13-3-1-2-4-15(13)20/h1-9,11,21,26H,10H2/q+1. The maximum absolute atomic E-state index is 14.2. The Bertz CT molecular complexity index is 1080. The van der Waals surface area contributed by atoms with Crippen molar-refractivity contribution in [2.24, 2.45) is 0 Å². The lowest BCUT2D eigenvalue weighted by Crippen LogP contribution is -2.28. The molecule has 0 aliphatic carbocycles. The van der Waals surface area contributed by atoms with Gasteiger partial charge in [0.1, 0.15) is 11.6 Å². The number of hydrogen-bond acceptors (Lipinski definition) is 4. The van der Waals surface area contributed by atoms with Crippen LogP contribution in [0.2, 0.25) is 0 Å². The van der Waals surface area contributed by atoms with Crippen molar-refractivity contribution < 1.29 is 14.3 Å². The van der Waals surface area contributed by atoms with Crippen molar-refractivity contribution in [3.63, 3.8) is 0 Å². The van der Waals surface area contributed by atoms with E-state index in [1.165, 1.54) is 6.07 Å². The van der Waals surface area contributed by atoms with Crippen molar-refractivity contribution in [3.8, 4) is 11.3 Å². The second kappa shape index (κ2) is 6.72. The maximum atomic E-state index is 14.2. The quantitative estimate of drug-likeness (QED) is 0.396. The summed E-state index contributed by atoms with van der Waals surface area (Å²) in [5.74, 6) is 0.348. The van der Waals surface area contributed by atoms with Crippen LogP contribution in [0.3, 0.4) is 0 Å². The highest BCUT2D eigenvalue weighted by molar-refractivity contribution is 9.10. The molecule has 4 aromatic rings. The molecule has 0 unspecified atom stereocenters. The third kappa shape index (κ3) is 3.11. The number of rotatable bonds is 4. The molecule has 2 N–H and O–H groups in total. The zero-order chi connectivity index (χ0) is 18.1. The van der Waals surface area contributed by atoms with Crippen molar-refractivity contribution in [2.45, 2.75) is 6.54 Å². The fourth-order valence-corrected chi connectivity index (χ4v) is 2.98. The van der Waals surface area contributed by atoms with Gasteiger partial charge in [0.2, 0.25) is 12.4 Å². The van der Waals surface area contributed by atoms with E-state index in [9.17, 15) is 9.60 Å². The van der Waals surface area contributed by atoms with Crippen molar-refractivity contribution in [3.05, 3.63) is 76.9 Å². The van der Waals surface area contributed by atoms with Crippen LogP contribution in [-0.2, 0) is 6.54 Å². The van der Waals surface area contributed by atoms with Crippen LogP contribution in [0.1, 0.15) is 5.56 Å². The number of nitrogens with zero attached hydrogens (tertiary/aromatic N) is 4. The monoisotopic (exact) mass is 414 g/mol. The zero-order valence-electron chi connectivity index (χ0n) is 13.5. The average Bonchev–Trinajstić information content (AvgIpc) is 3.02. The number of pyridine rings is 1. The molecule has 0 saturated heterocycles. The molecule has 0 amide bonds. The second-order valence-corrected chi connectivity index (χ2v) is 6.53. The molecule has 3 aromatic heterocycles. The molecule has 0 aliphatic rings. The molecule has 0 spiro atoms. The van der Waals surface area contributed by atoms with Crippen LogP contribution in [0.4, 0.5) is 10.2 Å². The summed E-state index contributed by atoms with van der Waals surface area (Å²) in [7, 11) is 0. The minimum atomic E-state index is -0.332. The molecule has 1 aromatic carbocycles. The van der Waals surface area contributed by atoms with Gasteiger partial charge in [-0.3, -0.25) is 5.21 Å². The summed E-state index contributed by atoms with van der Waals surface area (Å²) in [5, 5.41) is 16.9. The van der Waals surface area contributed by atoms with Crippen LogP contribution in [-0.4, -0.2) is 19.8 Å². The van der Waals surface area contributed by atoms with Crippen LogP contribution < -0.4 is 10.0 Å². The lowest BCUT2D eigenvalue weighted by molar-refractivity contribution is -0.904. The predicted octanol–water partition coefficient (Wildman–Crippen LogP) is 3.43. The number of aromatic nitrogens is 4. The molecule has 0 bridgehead atoms. The summed E-state index contributed by atoms with van der Waals surface area (Å²) in [6.07, 6.45) is 4.75. The fourth-order valence-electron chi connectivity index (χ4n) is 2.63. The molecular formula is C18H14BrFN5O+. The summed E-state index contributed by atoms with van der Waals surface area (Å²) in [6.45, 7) is 0.508. The van der Waals surface area contributed by atoms with Gasteiger partial charge in [0, 0.05) is 35.0 Å². The molecule has 130 valence electrons. The van der Waals surface area contributed by atoms with Crippen LogP contribution in [0.15, 0.2) is 65.5 Å². The molecule has 4 rings (SSSR count). The summed E-state index contributed by atoms with van der Waals surface area (Å²) in [6, 6.07) is 11.9. The molecule has 0 atom stereocenters. The van der Waals surface area contributed by atoms with E-state index in [4.69, 9.17) is 0 Å². The Morgan fingerprint density at radius 2 is 1.96 bits per heavy atom. The fraction of sp³-hybridized carbons (Fsp3) is 0.0556.